The number of amides is 2. The standard InChI is InChI=1S/C24H27N5O3/c1-17-15-18(2)26-24(25-17)27-20(16-19-7-4-3-5-8-19)22(30)28-10-12-29(13-11-28)23(31)21-9-6-14-32-21/h3-9,14-15,20H,10-13,16H2,1-2H3,(H,25,26,27). The second-order valence-corrected chi connectivity index (χ2v) is 7.96. The van der Waals surface area contributed by atoms with Crippen molar-refractivity contribution >= 4 is 17.8 Å². The Morgan fingerprint density at radius 3 is 2.25 bits per heavy atom. The Morgan fingerprint density at radius 1 is 0.969 bits per heavy atom. The third kappa shape index (κ3) is 5.14. The van der Waals surface area contributed by atoms with E-state index in [4.69, 9.17) is 4.42 Å². The number of anilines is 1. The molecule has 1 fully saturated rings. The number of nitrogens with zero attached hydrogens (tertiary/aromatic N) is 4. The molecule has 1 aliphatic heterocycles. The second-order valence-electron chi connectivity index (χ2n) is 7.96. The number of furan rings is 1. The largest absolute Gasteiger partial charge is 0.459 e. The highest BCUT2D eigenvalue weighted by molar-refractivity contribution is 5.92. The van der Waals surface area contributed by atoms with Crippen LogP contribution in [0.25, 0.3) is 0 Å². The third-order valence-electron chi connectivity index (χ3n) is 5.48. The Morgan fingerprint density at radius 2 is 1.62 bits per heavy atom. The van der Waals surface area contributed by atoms with Gasteiger partial charge in [-0.15, -0.1) is 0 Å². The molecule has 0 aliphatic carbocycles. The first kappa shape index (κ1) is 21.5. The van der Waals surface area contributed by atoms with Crippen molar-refractivity contribution in [1.29, 1.82) is 0 Å². The minimum Gasteiger partial charge on any atom is -0.459 e. The van der Waals surface area contributed by atoms with Gasteiger partial charge in [0, 0.05) is 44.0 Å². The summed E-state index contributed by atoms with van der Waals surface area (Å²) in [5, 5.41) is 3.25. The highest BCUT2D eigenvalue weighted by Crippen LogP contribution is 2.15. The van der Waals surface area contributed by atoms with Crippen LogP contribution in [0, 0.1) is 13.8 Å². The van der Waals surface area contributed by atoms with E-state index in [2.05, 4.69) is 15.3 Å². The lowest BCUT2D eigenvalue weighted by molar-refractivity contribution is -0.133. The maximum absolute atomic E-state index is 13.5. The second kappa shape index (κ2) is 9.64. The van der Waals surface area contributed by atoms with Crippen molar-refractivity contribution < 1.29 is 14.0 Å². The number of hydrogen-bond acceptors (Lipinski definition) is 6. The van der Waals surface area contributed by atoms with Crippen LogP contribution in [0.4, 0.5) is 5.95 Å². The molecule has 1 aliphatic rings. The van der Waals surface area contributed by atoms with Gasteiger partial charge in [0.25, 0.3) is 5.91 Å². The molecular formula is C24H27N5O3. The monoisotopic (exact) mass is 433 g/mol. The van der Waals surface area contributed by atoms with Crippen LogP contribution in [-0.2, 0) is 11.2 Å². The van der Waals surface area contributed by atoms with Gasteiger partial charge >= 0.3 is 0 Å². The lowest BCUT2D eigenvalue weighted by Crippen LogP contribution is -2.54. The molecule has 166 valence electrons. The SMILES string of the molecule is Cc1cc(C)nc(NC(Cc2ccccc2)C(=O)N2CCN(C(=O)c3ccco3)CC2)n1. The Labute approximate surface area is 187 Å². The Bertz CT molecular complexity index is 1040. The summed E-state index contributed by atoms with van der Waals surface area (Å²) in [6.07, 6.45) is 2.00. The molecule has 2 aromatic heterocycles. The number of benzene rings is 1. The predicted molar refractivity (Wildman–Crippen MR) is 120 cm³/mol. The number of carbonyl (C=O) groups excluding carboxylic acids is 2. The van der Waals surface area contributed by atoms with Crippen molar-refractivity contribution in [3.8, 4) is 0 Å². The summed E-state index contributed by atoms with van der Waals surface area (Å²) >= 11 is 0. The van der Waals surface area contributed by atoms with Crippen molar-refractivity contribution in [3.05, 3.63) is 77.5 Å². The van der Waals surface area contributed by atoms with Gasteiger partial charge in [-0.2, -0.15) is 0 Å². The molecule has 3 aromatic rings. The van der Waals surface area contributed by atoms with Gasteiger partial charge < -0.3 is 19.5 Å². The number of aromatic nitrogens is 2. The number of piperazine rings is 1. The van der Waals surface area contributed by atoms with Gasteiger partial charge in [-0.05, 0) is 37.6 Å². The van der Waals surface area contributed by atoms with E-state index < -0.39 is 6.04 Å². The lowest BCUT2D eigenvalue weighted by atomic mass is 10.0. The molecule has 1 N–H and O–H groups in total. The van der Waals surface area contributed by atoms with Gasteiger partial charge in [-0.1, -0.05) is 30.3 Å². The van der Waals surface area contributed by atoms with Crippen molar-refractivity contribution in [2.75, 3.05) is 31.5 Å². The average Bonchev–Trinajstić information content (AvgIpc) is 3.33. The minimum absolute atomic E-state index is 0.0262. The summed E-state index contributed by atoms with van der Waals surface area (Å²) in [6.45, 7) is 5.66. The minimum atomic E-state index is -0.508. The van der Waals surface area contributed by atoms with Crippen molar-refractivity contribution in [2.45, 2.75) is 26.3 Å². The first-order valence-corrected chi connectivity index (χ1v) is 10.7. The molecule has 32 heavy (non-hydrogen) atoms. The first-order chi connectivity index (χ1) is 15.5. The summed E-state index contributed by atoms with van der Waals surface area (Å²) in [7, 11) is 0. The molecule has 0 bridgehead atoms. The highest BCUT2D eigenvalue weighted by atomic mass is 16.3. The topological polar surface area (TPSA) is 91.6 Å². The summed E-state index contributed by atoms with van der Waals surface area (Å²) < 4.78 is 5.22. The molecular weight excluding hydrogens is 406 g/mol. The van der Waals surface area contributed by atoms with Gasteiger partial charge in [-0.3, -0.25) is 9.59 Å². The molecule has 1 atom stereocenters. The molecule has 0 spiro atoms. The molecule has 1 saturated heterocycles. The Balaban J connectivity index is 1.46. The molecule has 4 rings (SSSR count). The highest BCUT2D eigenvalue weighted by Gasteiger charge is 2.30. The van der Waals surface area contributed by atoms with E-state index in [1.54, 1.807) is 21.9 Å². The van der Waals surface area contributed by atoms with Gasteiger partial charge in [0.2, 0.25) is 11.9 Å². The van der Waals surface area contributed by atoms with E-state index >= 15 is 0 Å². The molecule has 2 amide bonds. The zero-order chi connectivity index (χ0) is 22.5. The third-order valence-corrected chi connectivity index (χ3v) is 5.48. The molecule has 8 nitrogen and oxygen atoms in total. The zero-order valence-electron chi connectivity index (χ0n) is 18.3. The predicted octanol–water partition coefficient (Wildman–Crippen LogP) is 2.69. The maximum atomic E-state index is 13.5. The smallest absolute Gasteiger partial charge is 0.289 e. The quantitative estimate of drug-likeness (QED) is 0.643. The van der Waals surface area contributed by atoms with Crippen LogP contribution in [-0.4, -0.2) is 63.8 Å². The van der Waals surface area contributed by atoms with Crippen LogP contribution in [0.5, 0.6) is 0 Å². The molecule has 0 radical (unpaired) electrons. The zero-order valence-corrected chi connectivity index (χ0v) is 18.3. The van der Waals surface area contributed by atoms with Gasteiger partial charge in [0.15, 0.2) is 5.76 Å². The van der Waals surface area contributed by atoms with Crippen LogP contribution in [0.15, 0.2) is 59.2 Å². The van der Waals surface area contributed by atoms with E-state index in [0.717, 1.165) is 17.0 Å². The van der Waals surface area contributed by atoms with Gasteiger partial charge in [-0.25, -0.2) is 9.97 Å². The first-order valence-electron chi connectivity index (χ1n) is 10.7. The normalized spacial score (nSPS) is 14.8. The van der Waals surface area contributed by atoms with Gasteiger partial charge in [0.1, 0.15) is 6.04 Å². The molecule has 1 unspecified atom stereocenters. The number of rotatable bonds is 6. The average molecular weight is 434 g/mol. The summed E-state index contributed by atoms with van der Waals surface area (Å²) in [6, 6.07) is 14.6. The number of hydrogen-bond donors (Lipinski definition) is 1. The van der Waals surface area contributed by atoms with Crippen LogP contribution in [0.1, 0.15) is 27.5 Å². The van der Waals surface area contributed by atoms with Crippen LogP contribution >= 0.6 is 0 Å². The fourth-order valence-corrected chi connectivity index (χ4v) is 3.90. The van der Waals surface area contributed by atoms with Crippen LogP contribution < -0.4 is 5.32 Å². The Kier molecular flexibility index (Phi) is 6.49. The lowest BCUT2D eigenvalue weighted by Gasteiger charge is -2.36. The summed E-state index contributed by atoms with van der Waals surface area (Å²) in [5.41, 5.74) is 2.74. The fourth-order valence-electron chi connectivity index (χ4n) is 3.90. The van der Waals surface area contributed by atoms with E-state index in [0.29, 0.717) is 44.3 Å². The molecule has 0 saturated carbocycles. The van der Waals surface area contributed by atoms with Crippen molar-refractivity contribution in [1.82, 2.24) is 19.8 Å². The maximum Gasteiger partial charge on any atom is 0.289 e. The van der Waals surface area contributed by atoms with Crippen LogP contribution in [0.2, 0.25) is 0 Å². The molecule has 1 aromatic carbocycles. The van der Waals surface area contributed by atoms with E-state index in [1.807, 2.05) is 50.2 Å². The van der Waals surface area contributed by atoms with Crippen molar-refractivity contribution in [2.24, 2.45) is 0 Å². The van der Waals surface area contributed by atoms with Crippen LogP contribution in [0.3, 0.4) is 0 Å². The van der Waals surface area contributed by atoms with E-state index in [1.165, 1.54) is 6.26 Å². The number of carbonyl (C=O) groups is 2. The van der Waals surface area contributed by atoms with E-state index in [9.17, 15) is 9.59 Å². The summed E-state index contributed by atoms with van der Waals surface area (Å²) in [4.78, 5) is 38.4. The molecule has 8 heteroatoms. The van der Waals surface area contributed by atoms with E-state index in [-0.39, 0.29) is 11.8 Å². The fraction of sp³-hybridized carbons (Fsp3) is 0.333. The van der Waals surface area contributed by atoms with Gasteiger partial charge in [0.05, 0.1) is 6.26 Å². The summed E-state index contributed by atoms with van der Waals surface area (Å²) in [5.74, 6) is 0.593. The molecule has 3 heterocycles. The Hall–Kier alpha value is -3.68. The number of nitrogens with one attached hydrogen (secondary N) is 1. The number of aryl methyl sites for hydroxylation is 2. The van der Waals surface area contributed by atoms with Crippen molar-refractivity contribution in [3.63, 3.8) is 0 Å².